The van der Waals surface area contributed by atoms with Crippen LogP contribution >= 0.6 is 0 Å². The van der Waals surface area contributed by atoms with E-state index in [2.05, 4.69) is 24.4 Å². The van der Waals surface area contributed by atoms with Gasteiger partial charge in [0.1, 0.15) is 6.54 Å². The highest BCUT2D eigenvalue weighted by Gasteiger charge is 2.44. The molecular formula is C22H27N2O3+. The summed E-state index contributed by atoms with van der Waals surface area (Å²) < 4.78 is 12.1. The number of hydrogen-bond donors (Lipinski definition) is 2. The number of benzene rings is 2. The van der Waals surface area contributed by atoms with Crippen LogP contribution in [0.4, 0.5) is 5.69 Å². The van der Waals surface area contributed by atoms with E-state index in [1.165, 1.54) is 11.1 Å². The second kappa shape index (κ2) is 7.24. The lowest BCUT2D eigenvalue weighted by Crippen LogP contribution is -3.08. The van der Waals surface area contributed by atoms with Crippen molar-refractivity contribution in [3.05, 3.63) is 53.6 Å². The monoisotopic (exact) mass is 367 g/mol. The Balaban J connectivity index is 1.34. The highest BCUT2D eigenvalue weighted by Crippen LogP contribution is 2.47. The normalized spacial score (nSPS) is 17.9. The summed E-state index contributed by atoms with van der Waals surface area (Å²) >= 11 is 0. The molecule has 1 heterocycles. The molecule has 2 aromatic carbocycles. The molecule has 4 rings (SSSR count). The van der Waals surface area contributed by atoms with Gasteiger partial charge in [0.05, 0.1) is 7.05 Å². The molecule has 1 aliphatic carbocycles. The Labute approximate surface area is 160 Å². The Hall–Kier alpha value is -2.53. The summed E-state index contributed by atoms with van der Waals surface area (Å²) in [5, 5.41) is 2.99. The molecule has 0 radical (unpaired) electrons. The Morgan fingerprint density at radius 1 is 1.11 bits per heavy atom. The lowest BCUT2D eigenvalue weighted by Gasteiger charge is -2.21. The Kier molecular flexibility index (Phi) is 4.79. The summed E-state index contributed by atoms with van der Waals surface area (Å²) in [6, 6.07) is 13.9. The molecule has 142 valence electrons. The molecule has 1 amide bonds. The predicted molar refractivity (Wildman–Crippen MR) is 104 cm³/mol. The Bertz CT molecular complexity index is 843. The van der Waals surface area contributed by atoms with Crippen molar-refractivity contribution in [3.8, 4) is 11.5 Å². The van der Waals surface area contributed by atoms with Gasteiger partial charge in [-0.3, -0.25) is 4.79 Å². The minimum Gasteiger partial charge on any atom is -0.448 e. The first-order valence-electron chi connectivity index (χ1n) is 9.71. The predicted octanol–water partition coefficient (Wildman–Crippen LogP) is 2.69. The average molecular weight is 367 g/mol. The van der Waals surface area contributed by atoms with Crippen molar-refractivity contribution in [2.45, 2.75) is 44.9 Å². The molecular weight excluding hydrogens is 340 g/mol. The summed E-state index contributed by atoms with van der Waals surface area (Å²) in [5.74, 6) is 1.03. The molecule has 1 saturated carbocycles. The van der Waals surface area contributed by atoms with Crippen LogP contribution in [0.3, 0.4) is 0 Å². The number of nitrogens with one attached hydrogen (secondary N) is 2. The van der Waals surface area contributed by atoms with Crippen molar-refractivity contribution >= 4 is 11.6 Å². The van der Waals surface area contributed by atoms with E-state index in [-0.39, 0.29) is 5.91 Å². The van der Waals surface area contributed by atoms with Crippen molar-refractivity contribution in [1.82, 2.24) is 0 Å². The number of aryl methyl sites for hydroxylation is 1. The van der Waals surface area contributed by atoms with Crippen molar-refractivity contribution < 1.29 is 19.2 Å². The van der Waals surface area contributed by atoms with Gasteiger partial charge in [0.15, 0.2) is 18.0 Å². The average Bonchev–Trinajstić information content (AvgIpc) is 3.22. The van der Waals surface area contributed by atoms with Gasteiger partial charge in [0.25, 0.3) is 11.7 Å². The van der Waals surface area contributed by atoms with Crippen LogP contribution in [0.25, 0.3) is 0 Å². The van der Waals surface area contributed by atoms with E-state index >= 15 is 0 Å². The largest absolute Gasteiger partial charge is 0.448 e. The third kappa shape index (κ3) is 3.93. The first-order valence-corrected chi connectivity index (χ1v) is 9.71. The quantitative estimate of drug-likeness (QED) is 0.854. The molecule has 5 heteroatoms. The van der Waals surface area contributed by atoms with Gasteiger partial charge >= 0.3 is 0 Å². The van der Waals surface area contributed by atoms with Gasteiger partial charge in [-0.05, 0) is 37.5 Å². The standard InChI is InChI=1S/C22H26N2O3/c1-16-7-3-4-8-17(16)14-24(2)15-21(25)23-18-9-10-19-20(13-18)27-22(26-19)11-5-6-12-22/h3-4,7-10,13H,5-6,11-12,14-15H2,1-2H3,(H,23,25)/p+1. The van der Waals surface area contributed by atoms with Crippen LogP contribution in [0.5, 0.6) is 11.5 Å². The van der Waals surface area contributed by atoms with E-state index in [1.54, 1.807) is 0 Å². The van der Waals surface area contributed by atoms with Crippen LogP contribution in [-0.4, -0.2) is 25.3 Å². The zero-order valence-electron chi connectivity index (χ0n) is 16.0. The number of carbonyl (C=O) groups is 1. The summed E-state index contributed by atoms with van der Waals surface area (Å²) in [6.45, 7) is 3.34. The maximum Gasteiger partial charge on any atom is 0.279 e. The van der Waals surface area contributed by atoms with Gasteiger partial charge in [-0.2, -0.15) is 0 Å². The molecule has 5 nitrogen and oxygen atoms in total. The molecule has 0 bridgehead atoms. The number of ether oxygens (including phenoxy) is 2. The van der Waals surface area contributed by atoms with Crippen LogP contribution in [0, 0.1) is 6.92 Å². The third-order valence-corrected chi connectivity index (χ3v) is 5.40. The lowest BCUT2D eigenvalue weighted by molar-refractivity contribution is -0.885. The van der Waals surface area contributed by atoms with Crippen LogP contribution in [0.15, 0.2) is 42.5 Å². The zero-order valence-corrected chi connectivity index (χ0v) is 16.0. The van der Waals surface area contributed by atoms with Gasteiger partial charge < -0.3 is 19.7 Å². The number of quaternary nitrogens is 1. The number of likely N-dealkylation sites (N-methyl/N-ethyl adjacent to an activating group) is 1. The van der Waals surface area contributed by atoms with Gasteiger partial charge in [0, 0.05) is 30.2 Å². The molecule has 2 aromatic rings. The van der Waals surface area contributed by atoms with E-state index in [1.807, 2.05) is 37.4 Å². The van der Waals surface area contributed by atoms with Crippen molar-refractivity contribution in [3.63, 3.8) is 0 Å². The minimum absolute atomic E-state index is 0.00414. The molecule has 0 saturated heterocycles. The Morgan fingerprint density at radius 3 is 2.63 bits per heavy atom. The van der Waals surface area contributed by atoms with E-state index in [0.717, 1.165) is 54.3 Å². The van der Waals surface area contributed by atoms with Gasteiger partial charge in [-0.1, -0.05) is 24.3 Å². The third-order valence-electron chi connectivity index (χ3n) is 5.40. The van der Waals surface area contributed by atoms with Crippen LogP contribution < -0.4 is 19.7 Å². The van der Waals surface area contributed by atoms with Crippen LogP contribution in [0.2, 0.25) is 0 Å². The highest BCUT2D eigenvalue weighted by atomic mass is 16.7. The highest BCUT2D eigenvalue weighted by molar-refractivity contribution is 5.91. The second-order valence-electron chi connectivity index (χ2n) is 7.77. The van der Waals surface area contributed by atoms with Crippen LogP contribution in [-0.2, 0) is 11.3 Å². The van der Waals surface area contributed by atoms with Gasteiger partial charge in [0.2, 0.25) is 0 Å². The van der Waals surface area contributed by atoms with Crippen molar-refractivity contribution in [1.29, 1.82) is 0 Å². The molecule has 1 spiro atoms. The fourth-order valence-electron chi connectivity index (χ4n) is 3.96. The fourth-order valence-corrected chi connectivity index (χ4v) is 3.96. The number of carbonyl (C=O) groups excluding carboxylic acids is 1. The Morgan fingerprint density at radius 2 is 1.85 bits per heavy atom. The number of hydrogen-bond acceptors (Lipinski definition) is 3. The maximum atomic E-state index is 12.4. The topological polar surface area (TPSA) is 52.0 Å². The first-order chi connectivity index (χ1) is 13.0. The van der Waals surface area contributed by atoms with E-state index in [4.69, 9.17) is 9.47 Å². The van der Waals surface area contributed by atoms with Gasteiger partial charge in [-0.15, -0.1) is 0 Å². The zero-order chi connectivity index (χ0) is 18.9. The summed E-state index contributed by atoms with van der Waals surface area (Å²) in [4.78, 5) is 13.6. The number of amides is 1. The maximum absolute atomic E-state index is 12.4. The summed E-state index contributed by atoms with van der Waals surface area (Å²) in [6.07, 6.45) is 4.12. The van der Waals surface area contributed by atoms with E-state index in [9.17, 15) is 4.79 Å². The minimum atomic E-state index is -0.469. The first kappa shape index (κ1) is 17.9. The van der Waals surface area contributed by atoms with E-state index in [0.29, 0.717) is 6.54 Å². The smallest absolute Gasteiger partial charge is 0.279 e. The molecule has 2 aliphatic rings. The fraction of sp³-hybridized carbons (Fsp3) is 0.409. The molecule has 1 fully saturated rings. The number of fused-ring (bicyclic) bond motifs is 1. The lowest BCUT2D eigenvalue weighted by atomic mass is 10.1. The molecule has 0 aromatic heterocycles. The van der Waals surface area contributed by atoms with E-state index < -0.39 is 5.79 Å². The summed E-state index contributed by atoms with van der Waals surface area (Å²) in [5.41, 5.74) is 3.28. The summed E-state index contributed by atoms with van der Waals surface area (Å²) in [7, 11) is 2.04. The molecule has 1 aliphatic heterocycles. The second-order valence-corrected chi connectivity index (χ2v) is 7.77. The molecule has 27 heavy (non-hydrogen) atoms. The van der Waals surface area contributed by atoms with Gasteiger partial charge in [-0.25, -0.2) is 0 Å². The van der Waals surface area contributed by atoms with Crippen molar-refractivity contribution in [2.75, 3.05) is 18.9 Å². The SMILES string of the molecule is Cc1ccccc1C[NH+](C)CC(=O)Nc1ccc2c(c1)OC1(CCCC1)O2. The molecule has 2 N–H and O–H groups in total. The number of rotatable bonds is 5. The molecule has 1 unspecified atom stereocenters. The number of anilines is 1. The molecule has 1 atom stereocenters. The van der Waals surface area contributed by atoms with Crippen molar-refractivity contribution in [2.24, 2.45) is 0 Å². The van der Waals surface area contributed by atoms with Crippen LogP contribution in [0.1, 0.15) is 36.8 Å².